The normalized spacial score (nSPS) is 10.8. The number of rotatable bonds is 5. The first-order chi connectivity index (χ1) is 12.9. The predicted molar refractivity (Wildman–Crippen MR) is 104 cm³/mol. The zero-order valence-corrected chi connectivity index (χ0v) is 15.1. The van der Waals surface area contributed by atoms with Crippen LogP contribution < -0.4 is 10.9 Å². The van der Waals surface area contributed by atoms with Crippen LogP contribution in [0.5, 0.6) is 0 Å². The fourth-order valence-corrected chi connectivity index (χ4v) is 2.68. The molecule has 6 heteroatoms. The maximum Gasteiger partial charge on any atom is 0.338 e. The molecule has 3 rings (SSSR count). The molecule has 0 unspecified atom stereocenters. The van der Waals surface area contributed by atoms with Crippen molar-refractivity contribution < 1.29 is 14.3 Å². The van der Waals surface area contributed by atoms with Crippen LogP contribution in [-0.2, 0) is 16.1 Å². The van der Waals surface area contributed by atoms with Gasteiger partial charge in [-0.1, -0.05) is 18.2 Å². The van der Waals surface area contributed by atoms with Crippen molar-refractivity contribution in [3.8, 4) is 0 Å². The highest BCUT2D eigenvalue weighted by atomic mass is 16.5. The van der Waals surface area contributed by atoms with Gasteiger partial charge in [-0.2, -0.15) is 0 Å². The number of amides is 1. The van der Waals surface area contributed by atoms with E-state index in [2.05, 4.69) is 5.32 Å². The highest BCUT2D eigenvalue weighted by molar-refractivity contribution is 5.93. The third-order valence-electron chi connectivity index (χ3n) is 3.95. The number of benzene rings is 2. The summed E-state index contributed by atoms with van der Waals surface area (Å²) in [4.78, 5) is 36.6. The highest BCUT2D eigenvalue weighted by Crippen LogP contribution is 2.12. The predicted octanol–water partition coefficient (Wildman–Crippen LogP) is 3.21. The Labute approximate surface area is 156 Å². The Bertz CT molecular complexity index is 1040. The molecule has 0 saturated carbocycles. The number of ether oxygens (including phenoxy) is 1. The van der Waals surface area contributed by atoms with E-state index in [9.17, 15) is 14.4 Å². The largest absolute Gasteiger partial charge is 0.459 e. The van der Waals surface area contributed by atoms with Crippen molar-refractivity contribution in [3.63, 3.8) is 0 Å². The molecule has 2 aromatic carbocycles. The van der Waals surface area contributed by atoms with Crippen molar-refractivity contribution in [3.05, 3.63) is 76.7 Å². The van der Waals surface area contributed by atoms with Crippen molar-refractivity contribution in [2.75, 3.05) is 5.32 Å². The minimum absolute atomic E-state index is 0.0964. The van der Waals surface area contributed by atoms with Crippen LogP contribution in [0.3, 0.4) is 0 Å². The Morgan fingerprint density at radius 2 is 1.74 bits per heavy atom. The Kier molecular flexibility index (Phi) is 5.35. The summed E-state index contributed by atoms with van der Waals surface area (Å²) in [5, 5.41) is 4.13. The third-order valence-corrected chi connectivity index (χ3v) is 3.95. The number of anilines is 1. The smallest absolute Gasteiger partial charge is 0.338 e. The molecule has 0 aliphatic carbocycles. The zero-order chi connectivity index (χ0) is 19.4. The monoisotopic (exact) mass is 364 g/mol. The number of nitrogens with one attached hydrogen (secondary N) is 1. The van der Waals surface area contributed by atoms with Crippen LogP contribution in [0.15, 0.2) is 65.6 Å². The Morgan fingerprint density at radius 3 is 2.44 bits per heavy atom. The molecule has 0 spiro atoms. The topological polar surface area (TPSA) is 77.4 Å². The van der Waals surface area contributed by atoms with Crippen LogP contribution in [0.2, 0.25) is 0 Å². The van der Waals surface area contributed by atoms with Gasteiger partial charge >= 0.3 is 5.97 Å². The summed E-state index contributed by atoms with van der Waals surface area (Å²) >= 11 is 0. The van der Waals surface area contributed by atoms with Gasteiger partial charge in [0.2, 0.25) is 5.91 Å². The highest BCUT2D eigenvalue weighted by Gasteiger charge is 2.10. The summed E-state index contributed by atoms with van der Waals surface area (Å²) < 4.78 is 6.49. The average Bonchev–Trinajstić information content (AvgIpc) is 2.64. The summed E-state index contributed by atoms with van der Waals surface area (Å²) in [6.07, 6.45) is 1.41. The van der Waals surface area contributed by atoms with E-state index in [1.807, 2.05) is 12.1 Å². The van der Waals surface area contributed by atoms with Crippen LogP contribution in [0.25, 0.3) is 10.8 Å². The summed E-state index contributed by atoms with van der Waals surface area (Å²) in [6.45, 7) is 3.46. The number of hydrogen-bond donors (Lipinski definition) is 1. The second kappa shape index (κ2) is 7.86. The molecule has 138 valence electrons. The molecule has 0 aliphatic heterocycles. The minimum Gasteiger partial charge on any atom is -0.459 e. The van der Waals surface area contributed by atoms with Gasteiger partial charge in [0.05, 0.1) is 11.7 Å². The van der Waals surface area contributed by atoms with Gasteiger partial charge in [0.15, 0.2) is 0 Å². The van der Waals surface area contributed by atoms with E-state index in [4.69, 9.17) is 4.74 Å². The molecule has 27 heavy (non-hydrogen) atoms. The Morgan fingerprint density at radius 1 is 1.04 bits per heavy atom. The molecule has 0 fully saturated rings. The van der Waals surface area contributed by atoms with Crippen LogP contribution in [-0.4, -0.2) is 22.5 Å². The van der Waals surface area contributed by atoms with E-state index in [0.717, 1.165) is 5.39 Å². The molecular weight excluding hydrogens is 344 g/mol. The molecule has 0 radical (unpaired) electrons. The second-order valence-electron chi connectivity index (χ2n) is 6.42. The first-order valence-corrected chi connectivity index (χ1v) is 8.63. The van der Waals surface area contributed by atoms with E-state index in [1.54, 1.807) is 62.5 Å². The van der Waals surface area contributed by atoms with Crippen molar-refractivity contribution in [1.82, 2.24) is 4.57 Å². The van der Waals surface area contributed by atoms with Crippen LogP contribution in [0, 0.1) is 0 Å². The molecule has 6 nitrogen and oxygen atoms in total. The number of nitrogens with zero attached hydrogens (tertiary/aromatic N) is 1. The van der Waals surface area contributed by atoms with Gasteiger partial charge in [0, 0.05) is 17.3 Å². The fourth-order valence-electron chi connectivity index (χ4n) is 2.68. The van der Waals surface area contributed by atoms with Gasteiger partial charge < -0.3 is 14.6 Å². The number of carbonyl (C=O) groups is 2. The second-order valence-corrected chi connectivity index (χ2v) is 6.42. The van der Waals surface area contributed by atoms with E-state index in [0.29, 0.717) is 16.6 Å². The minimum atomic E-state index is -0.411. The lowest BCUT2D eigenvalue weighted by Crippen LogP contribution is -2.27. The number of carbonyl (C=O) groups excluding carboxylic acids is 2. The van der Waals surface area contributed by atoms with Crippen LogP contribution in [0.1, 0.15) is 24.2 Å². The summed E-state index contributed by atoms with van der Waals surface area (Å²) in [5.41, 5.74) is 0.734. The molecule has 1 N–H and O–H groups in total. The van der Waals surface area contributed by atoms with E-state index in [-0.39, 0.29) is 24.1 Å². The zero-order valence-electron chi connectivity index (χ0n) is 15.1. The molecule has 3 aromatic rings. The molecule has 1 amide bonds. The van der Waals surface area contributed by atoms with E-state index < -0.39 is 5.97 Å². The van der Waals surface area contributed by atoms with E-state index in [1.165, 1.54) is 4.57 Å². The van der Waals surface area contributed by atoms with E-state index >= 15 is 0 Å². The number of aromatic nitrogens is 1. The fraction of sp³-hybridized carbons (Fsp3) is 0.190. The molecule has 1 heterocycles. The molecule has 1 aromatic heterocycles. The lowest BCUT2D eigenvalue weighted by Gasteiger charge is -2.10. The maximum atomic E-state index is 12.5. The Hall–Kier alpha value is -3.41. The first kappa shape index (κ1) is 18.4. The van der Waals surface area contributed by atoms with Crippen molar-refractivity contribution in [1.29, 1.82) is 0 Å². The quantitative estimate of drug-likeness (QED) is 0.705. The van der Waals surface area contributed by atoms with Gasteiger partial charge in [-0.3, -0.25) is 9.59 Å². The van der Waals surface area contributed by atoms with Crippen molar-refractivity contribution >= 4 is 28.3 Å². The third kappa shape index (κ3) is 4.41. The van der Waals surface area contributed by atoms with Crippen molar-refractivity contribution in [2.24, 2.45) is 0 Å². The van der Waals surface area contributed by atoms with Crippen LogP contribution >= 0.6 is 0 Å². The summed E-state index contributed by atoms with van der Waals surface area (Å²) in [5.74, 6) is -0.740. The molecule has 0 bridgehead atoms. The van der Waals surface area contributed by atoms with Gasteiger partial charge in [-0.25, -0.2) is 4.79 Å². The summed E-state index contributed by atoms with van der Waals surface area (Å²) in [7, 11) is 0. The lowest BCUT2D eigenvalue weighted by atomic mass is 10.2. The number of hydrogen-bond acceptors (Lipinski definition) is 4. The average molecular weight is 364 g/mol. The van der Waals surface area contributed by atoms with Gasteiger partial charge in [0.1, 0.15) is 6.54 Å². The van der Waals surface area contributed by atoms with Crippen molar-refractivity contribution in [2.45, 2.75) is 26.5 Å². The number of esters is 1. The molecule has 0 aliphatic rings. The maximum absolute atomic E-state index is 12.5. The lowest BCUT2D eigenvalue weighted by molar-refractivity contribution is -0.116. The van der Waals surface area contributed by atoms with Crippen LogP contribution in [0.4, 0.5) is 5.69 Å². The first-order valence-electron chi connectivity index (χ1n) is 8.63. The van der Waals surface area contributed by atoms with Gasteiger partial charge in [-0.05, 0) is 55.6 Å². The molecule has 0 saturated heterocycles. The number of fused-ring (bicyclic) bond motifs is 1. The van der Waals surface area contributed by atoms with Gasteiger partial charge in [-0.15, -0.1) is 0 Å². The summed E-state index contributed by atoms with van der Waals surface area (Å²) in [6, 6.07) is 15.5. The molecular formula is C21H20N2O4. The Balaban J connectivity index is 1.68. The standard InChI is InChI=1S/C21H20N2O4/c1-14(2)27-21(26)16-7-9-17(10-8-16)22-19(24)13-23-12-11-15-5-3-4-6-18(15)20(23)25/h3-12,14H,13H2,1-2H3,(H,22,24). The van der Waals surface area contributed by atoms with Gasteiger partial charge in [0.25, 0.3) is 5.56 Å². The molecule has 0 atom stereocenters. The number of pyridine rings is 1. The SMILES string of the molecule is CC(C)OC(=O)c1ccc(NC(=O)Cn2ccc3ccccc3c2=O)cc1.